The fourth-order valence-corrected chi connectivity index (χ4v) is 0.594. The van der Waals surface area contributed by atoms with Crippen LogP contribution in [-0.4, -0.2) is 24.5 Å². The van der Waals surface area contributed by atoms with Crippen molar-refractivity contribution in [2.24, 2.45) is 11.5 Å². The van der Waals surface area contributed by atoms with Crippen molar-refractivity contribution in [1.29, 1.82) is 0 Å². The summed E-state index contributed by atoms with van der Waals surface area (Å²) in [6.45, 7) is 4.17. The van der Waals surface area contributed by atoms with Gasteiger partial charge in [-0.15, -0.1) is 0 Å². The Morgan fingerprint density at radius 3 is 2.55 bits per heavy atom. The van der Waals surface area contributed by atoms with Crippen molar-refractivity contribution in [2.75, 3.05) is 6.54 Å². The Balaban J connectivity index is 3.68. The molecule has 11 heavy (non-hydrogen) atoms. The van der Waals surface area contributed by atoms with Crippen molar-refractivity contribution in [3.05, 3.63) is 0 Å². The molecule has 5 N–H and O–H groups in total. The maximum absolute atomic E-state index is 11.1. The fraction of sp³-hybridized carbons (Fsp3) is 0.857. The fourth-order valence-electron chi connectivity index (χ4n) is 0.594. The lowest BCUT2D eigenvalue weighted by atomic mass is 10.2. The average Bonchev–Trinajstić information content (AvgIpc) is 2.02. The SMILES string of the molecule is CC[C@H](N)C(=O)N[C@H](C)CN. The number of nitrogens with two attached hydrogens (primary N) is 2. The topological polar surface area (TPSA) is 81.1 Å². The van der Waals surface area contributed by atoms with Gasteiger partial charge < -0.3 is 16.8 Å². The molecule has 0 saturated heterocycles. The minimum absolute atomic E-state index is 0.0140. The summed E-state index contributed by atoms with van der Waals surface area (Å²) in [5, 5.41) is 2.69. The van der Waals surface area contributed by atoms with Gasteiger partial charge >= 0.3 is 0 Å². The third kappa shape index (κ3) is 3.95. The van der Waals surface area contributed by atoms with E-state index in [4.69, 9.17) is 11.5 Å². The first kappa shape index (κ1) is 10.4. The Morgan fingerprint density at radius 1 is 1.64 bits per heavy atom. The quantitative estimate of drug-likeness (QED) is 0.501. The Hall–Kier alpha value is -0.610. The lowest BCUT2D eigenvalue weighted by molar-refractivity contribution is -0.122. The standard InChI is InChI=1S/C7H17N3O/c1-3-6(9)7(11)10-5(2)4-8/h5-6H,3-4,8-9H2,1-2H3,(H,10,11)/t5-,6+/m1/s1. The van der Waals surface area contributed by atoms with Crippen molar-refractivity contribution >= 4 is 5.91 Å². The largest absolute Gasteiger partial charge is 0.351 e. The van der Waals surface area contributed by atoms with Gasteiger partial charge in [0.15, 0.2) is 0 Å². The van der Waals surface area contributed by atoms with E-state index in [1.54, 1.807) is 0 Å². The van der Waals surface area contributed by atoms with Gasteiger partial charge in [-0.2, -0.15) is 0 Å². The molecule has 0 aromatic carbocycles. The second kappa shape index (κ2) is 5.09. The minimum Gasteiger partial charge on any atom is -0.351 e. The van der Waals surface area contributed by atoms with E-state index in [1.165, 1.54) is 0 Å². The van der Waals surface area contributed by atoms with Gasteiger partial charge in [0, 0.05) is 12.6 Å². The molecule has 66 valence electrons. The first-order valence-electron chi connectivity index (χ1n) is 3.87. The number of nitrogens with one attached hydrogen (secondary N) is 1. The van der Waals surface area contributed by atoms with Gasteiger partial charge in [-0.25, -0.2) is 0 Å². The van der Waals surface area contributed by atoms with E-state index in [2.05, 4.69) is 5.32 Å². The number of hydrogen-bond donors (Lipinski definition) is 3. The molecule has 0 heterocycles. The molecule has 0 aromatic rings. The summed E-state index contributed by atoms with van der Waals surface area (Å²) in [5.41, 5.74) is 10.8. The highest BCUT2D eigenvalue weighted by atomic mass is 16.2. The zero-order valence-corrected chi connectivity index (χ0v) is 7.13. The molecule has 2 atom stereocenters. The smallest absolute Gasteiger partial charge is 0.237 e. The summed E-state index contributed by atoms with van der Waals surface area (Å²) in [5.74, 6) is -0.120. The van der Waals surface area contributed by atoms with Crippen LogP contribution < -0.4 is 16.8 Å². The van der Waals surface area contributed by atoms with E-state index in [1.807, 2.05) is 13.8 Å². The summed E-state index contributed by atoms with van der Waals surface area (Å²) < 4.78 is 0. The molecule has 0 saturated carbocycles. The van der Waals surface area contributed by atoms with E-state index in [0.717, 1.165) is 0 Å². The second-order valence-corrected chi connectivity index (χ2v) is 2.66. The highest BCUT2D eigenvalue weighted by molar-refractivity contribution is 5.81. The van der Waals surface area contributed by atoms with Crippen LogP contribution in [0.2, 0.25) is 0 Å². The van der Waals surface area contributed by atoms with Crippen LogP contribution in [0.25, 0.3) is 0 Å². The predicted molar refractivity (Wildman–Crippen MR) is 44.9 cm³/mol. The van der Waals surface area contributed by atoms with Crippen molar-refractivity contribution in [1.82, 2.24) is 5.32 Å². The molecule has 4 nitrogen and oxygen atoms in total. The van der Waals surface area contributed by atoms with Gasteiger partial charge in [0.25, 0.3) is 0 Å². The number of carbonyl (C=O) groups excluding carboxylic acids is 1. The maximum atomic E-state index is 11.1. The molecule has 0 aliphatic carbocycles. The van der Waals surface area contributed by atoms with Crippen LogP contribution in [-0.2, 0) is 4.79 Å². The number of hydrogen-bond acceptors (Lipinski definition) is 3. The molecular formula is C7H17N3O. The molecule has 0 unspecified atom stereocenters. The van der Waals surface area contributed by atoms with Crippen LogP contribution >= 0.6 is 0 Å². The van der Waals surface area contributed by atoms with E-state index >= 15 is 0 Å². The second-order valence-electron chi connectivity index (χ2n) is 2.66. The van der Waals surface area contributed by atoms with Gasteiger partial charge in [-0.1, -0.05) is 6.92 Å². The van der Waals surface area contributed by atoms with Gasteiger partial charge in [0.1, 0.15) is 0 Å². The molecule has 1 amide bonds. The van der Waals surface area contributed by atoms with Crippen molar-refractivity contribution in [2.45, 2.75) is 32.4 Å². The van der Waals surface area contributed by atoms with Crippen LogP contribution in [0.4, 0.5) is 0 Å². The summed E-state index contributed by atoms with van der Waals surface area (Å²) in [6.07, 6.45) is 0.656. The molecule has 0 radical (unpaired) electrons. The number of amides is 1. The molecule has 0 spiro atoms. The van der Waals surface area contributed by atoms with Gasteiger partial charge in [-0.05, 0) is 13.3 Å². The molecule has 0 aromatic heterocycles. The third-order valence-corrected chi connectivity index (χ3v) is 1.52. The van der Waals surface area contributed by atoms with Gasteiger partial charge in [-0.3, -0.25) is 4.79 Å². The van der Waals surface area contributed by atoms with E-state index in [-0.39, 0.29) is 11.9 Å². The molecular weight excluding hydrogens is 142 g/mol. The Bertz CT molecular complexity index is 127. The number of carbonyl (C=O) groups is 1. The predicted octanol–water partition coefficient (Wildman–Crippen LogP) is -0.813. The maximum Gasteiger partial charge on any atom is 0.237 e. The van der Waals surface area contributed by atoms with E-state index in [9.17, 15) is 4.79 Å². The number of rotatable bonds is 4. The van der Waals surface area contributed by atoms with Gasteiger partial charge in [0.05, 0.1) is 6.04 Å². The highest BCUT2D eigenvalue weighted by Gasteiger charge is 2.11. The van der Waals surface area contributed by atoms with Crippen LogP contribution in [0.5, 0.6) is 0 Å². The zero-order valence-electron chi connectivity index (χ0n) is 7.13. The molecule has 0 fully saturated rings. The first-order valence-corrected chi connectivity index (χ1v) is 3.87. The Kier molecular flexibility index (Phi) is 4.81. The van der Waals surface area contributed by atoms with Crippen molar-refractivity contribution < 1.29 is 4.79 Å². The Morgan fingerprint density at radius 2 is 2.18 bits per heavy atom. The van der Waals surface area contributed by atoms with Crippen LogP contribution in [0, 0.1) is 0 Å². The van der Waals surface area contributed by atoms with Crippen LogP contribution in [0.3, 0.4) is 0 Å². The normalized spacial score (nSPS) is 15.6. The average molecular weight is 159 g/mol. The first-order chi connectivity index (χ1) is 5.11. The summed E-state index contributed by atoms with van der Waals surface area (Å²) in [6, 6.07) is -0.385. The van der Waals surface area contributed by atoms with Crippen molar-refractivity contribution in [3.8, 4) is 0 Å². The molecule has 0 aliphatic heterocycles. The minimum atomic E-state index is -0.399. The molecule has 4 heteroatoms. The summed E-state index contributed by atoms with van der Waals surface area (Å²) in [4.78, 5) is 11.1. The summed E-state index contributed by atoms with van der Waals surface area (Å²) in [7, 11) is 0. The van der Waals surface area contributed by atoms with Crippen molar-refractivity contribution in [3.63, 3.8) is 0 Å². The van der Waals surface area contributed by atoms with Crippen LogP contribution in [0.15, 0.2) is 0 Å². The third-order valence-electron chi connectivity index (χ3n) is 1.52. The van der Waals surface area contributed by atoms with Crippen LogP contribution in [0.1, 0.15) is 20.3 Å². The van der Waals surface area contributed by atoms with Gasteiger partial charge in [0.2, 0.25) is 5.91 Å². The van der Waals surface area contributed by atoms with E-state index in [0.29, 0.717) is 13.0 Å². The Labute approximate surface area is 67.3 Å². The van der Waals surface area contributed by atoms with E-state index < -0.39 is 6.04 Å². The monoisotopic (exact) mass is 159 g/mol. The molecule has 0 aliphatic rings. The highest BCUT2D eigenvalue weighted by Crippen LogP contribution is 1.86. The lowest BCUT2D eigenvalue weighted by Gasteiger charge is -2.14. The molecule has 0 bridgehead atoms. The summed E-state index contributed by atoms with van der Waals surface area (Å²) >= 11 is 0. The zero-order chi connectivity index (χ0) is 8.85. The molecule has 0 rings (SSSR count). The lowest BCUT2D eigenvalue weighted by Crippen LogP contribution is -2.46.